The van der Waals surface area contributed by atoms with E-state index in [0.29, 0.717) is 32.0 Å². The Bertz CT molecular complexity index is 424. The zero-order valence-corrected chi connectivity index (χ0v) is 12.7. The molecule has 1 aliphatic heterocycles. The van der Waals surface area contributed by atoms with Crippen LogP contribution in [0.1, 0.15) is 25.7 Å². The van der Waals surface area contributed by atoms with Gasteiger partial charge in [-0.25, -0.2) is 0 Å². The molecule has 0 spiro atoms. The molecule has 2 rings (SSSR count). The standard InChI is InChI=1S/C14H22F3N3O2/c1-19(11-4-5-11)12(21)8-20-6-2-3-10(7-20)13(22)18-9-14(15,16)17/h10-11H,2-9H2,1H3,(H,18,22). The minimum Gasteiger partial charge on any atom is -0.347 e. The summed E-state index contributed by atoms with van der Waals surface area (Å²) >= 11 is 0. The molecule has 2 aliphatic rings. The number of amides is 2. The number of nitrogens with zero attached hydrogens (tertiary/aromatic N) is 2. The normalized spacial score (nSPS) is 23.2. The van der Waals surface area contributed by atoms with Gasteiger partial charge in [0.25, 0.3) is 0 Å². The van der Waals surface area contributed by atoms with Gasteiger partial charge in [-0.3, -0.25) is 14.5 Å². The molecule has 1 atom stereocenters. The van der Waals surface area contributed by atoms with Crippen molar-refractivity contribution in [2.45, 2.75) is 37.9 Å². The molecule has 0 aromatic heterocycles. The third-order valence-electron chi connectivity index (χ3n) is 4.19. The molecule has 1 unspecified atom stereocenters. The van der Waals surface area contributed by atoms with Crippen LogP contribution >= 0.6 is 0 Å². The molecule has 2 fully saturated rings. The number of piperidine rings is 1. The molecule has 0 bridgehead atoms. The summed E-state index contributed by atoms with van der Waals surface area (Å²) in [6, 6.07) is 0.336. The van der Waals surface area contributed by atoms with Crippen molar-refractivity contribution in [2.24, 2.45) is 5.92 Å². The Hall–Kier alpha value is -1.31. The van der Waals surface area contributed by atoms with Crippen molar-refractivity contribution in [3.63, 3.8) is 0 Å². The number of nitrogens with one attached hydrogen (secondary N) is 1. The van der Waals surface area contributed by atoms with Crippen LogP contribution in [0.5, 0.6) is 0 Å². The SMILES string of the molecule is CN(C(=O)CN1CCCC(C(=O)NCC(F)(F)F)C1)C1CC1. The zero-order chi connectivity index (χ0) is 16.3. The summed E-state index contributed by atoms with van der Waals surface area (Å²) < 4.78 is 36.4. The lowest BCUT2D eigenvalue weighted by Gasteiger charge is -2.32. The highest BCUT2D eigenvalue weighted by Crippen LogP contribution is 2.26. The number of rotatable bonds is 5. The molecular weight excluding hydrogens is 299 g/mol. The first-order valence-corrected chi connectivity index (χ1v) is 7.59. The molecule has 1 saturated carbocycles. The average molecular weight is 321 g/mol. The molecule has 1 heterocycles. The van der Waals surface area contributed by atoms with Gasteiger partial charge in [0.1, 0.15) is 6.54 Å². The molecule has 0 aromatic carbocycles. The van der Waals surface area contributed by atoms with Gasteiger partial charge in [-0.15, -0.1) is 0 Å². The van der Waals surface area contributed by atoms with E-state index in [4.69, 9.17) is 0 Å². The Balaban J connectivity index is 1.78. The lowest BCUT2D eigenvalue weighted by molar-refractivity contribution is -0.142. The predicted molar refractivity (Wildman–Crippen MR) is 74.0 cm³/mol. The number of carbonyl (C=O) groups is 2. The minimum atomic E-state index is -4.40. The molecule has 0 aromatic rings. The van der Waals surface area contributed by atoms with Crippen LogP contribution in [0.3, 0.4) is 0 Å². The van der Waals surface area contributed by atoms with E-state index in [1.165, 1.54) is 0 Å². The van der Waals surface area contributed by atoms with Gasteiger partial charge in [-0.1, -0.05) is 0 Å². The second-order valence-electron chi connectivity index (χ2n) is 6.14. The second kappa shape index (κ2) is 6.85. The maximum Gasteiger partial charge on any atom is 0.405 e. The number of alkyl halides is 3. The quantitative estimate of drug-likeness (QED) is 0.822. The second-order valence-corrected chi connectivity index (χ2v) is 6.14. The topological polar surface area (TPSA) is 52.7 Å². The molecule has 2 amide bonds. The first kappa shape index (κ1) is 17.1. The molecule has 126 valence electrons. The zero-order valence-electron chi connectivity index (χ0n) is 12.7. The van der Waals surface area contributed by atoms with Gasteiger partial charge < -0.3 is 10.2 Å². The summed E-state index contributed by atoms with van der Waals surface area (Å²) in [5, 5.41) is 1.93. The first-order chi connectivity index (χ1) is 10.3. The third kappa shape index (κ3) is 5.15. The molecule has 1 saturated heterocycles. The summed E-state index contributed by atoms with van der Waals surface area (Å²) in [7, 11) is 1.78. The fourth-order valence-corrected chi connectivity index (χ4v) is 2.71. The predicted octanol–water partition coefficient (Wildman–Crippen LogP) is 0.998. The van der Waals surface area contributed by atoms with Gasteiger partial charge in [-0.05, 0) is 32.2 Å². The lowest BCUT2D eigenvalue weighted by atomic mass is 9.97. The van der Waals surface area contributed by atoms with Crippen LogP contribution in [-0.2, 0) is 9.59 Å². The summed E-state index contributed by atoms with van der Waals surface area (Å²) in [6.45, 7) is -0.0248. The summed E-state index contributed by atoms with van der Waals surface area (Å²) in [5.41, 5.74) is 0. The van der Waals surface area contributed by atoms with Gasteiger partial charge >= 0.3 is 6.18 Å². The lowest BCUT2D eigenvalue weighted by Crippen LogP contribution is -2.48. The highest BCUT2D eigenvalue weighted by atomic mass is 19.4. The van der Waals surface area contributed by atoms with Crippen molar-refractivity contribution >= 4 is 11.8 Å². The third-order valence-corrected chi connectivity index (χ3v) is 4.19. The monoisotopic (exact) mass is 321 g/mol. The number of hydrogen-bond donors (Lipinski definition) is 1. The van der Waals surface area contributed by atoms with Gasteiger partial charge in [0.2, 0.25) is 11.8 Å². The molecule has 1 aliphatic carbocycles. The van der Waals surface area contributed by atoms with E-state index in [9.17, 15) is 22.8 Å². The van der Waals surface area contributed by atoms with E-state index in [1.54, 1.807) is 11.9 Å². The van der Waals surface area contributed by atoms with Crippen LogP contribution < -0.4 is 5.32 Å². The van der Waals surface area contributed by atoms with Gasteiger partial charge in [0.05, 0.1) is 12.5 Å². The maximum absolute atomic E-state index is 12.1. The highest BCUT2D eigenvalue weighted by Gasteiger charge is 2.33. The molecular formula is C14H22F3N3O2. The van der Waals surface area contributed by atoms with E-state index in [-0.39, 0.29) is 12.5 Å². The van der Waals surface area contributed by atoms with Crippen molar-refractivity contribution in [1.82, 2.24) is 15.1 Å². The van der Waals surface area contributed by atoms with Crippen LogP contribution in [-0.4, -0.2) is 67.1 Å². The molecule has 1 N–H and O–H groups in total. The average Bonchev–Trinajstić information content (AvgIpc) is 3.28. The van der Waals surface area contributed by atoms with Crippen molar-refractivity contribution in [3.8, 4) is 0 Å². The van der Waals surface area contributed by atoms with E-state index in [2.05, 4.69) is 0 Å². The number of halogens is 3. The minimum absolute atomic E-state index is 0.0128. The summed E-state index contributed by atoms with van der Waals surface area (Å²) in [5.74, 6) is -1.04. The summed E-state index contributed by atoms with van der Waals surface area (Å²) in [6.07, 6.45) is -1.06. The van der Waals surface area contributed by atoms with E-state index < -0.39 is 24.5 Å². The smallest absolute Gasteiger partial charge is 0.347 e. The molecule has 8 heteroatoms. The van der Waals surface area contributed by atoms with Crippen molar-refractivity contribution in [2.75, 3.05) is 33.2 Å². The fourth-order valence-electron chi connectivity index (χ4n) is 2.71. The number of hydrogen-bond acceptors (Lipinski definition) is 3. The summed E-state index contributed by atoms with van der Waals surface area (Å²) in [4.78, 5) is 27.4. The number of likely N-dealkylation sites (N-methyl/N-ethyl adjacent to an activating group) is 1. The number of carbonyl (C=O) groups excluding carboxylic acids is 2. The van der Waals surface area contributed by atoms with Gasteiger partial charge in [0.15, 0.2) is 0 Å². The van der Waals surface area contributed by atoms with Crippen LogP contribution in [0, 0.1) is 5.92 Å². The Morgan fingerprint density at radius 1 is 1.27 bits per heavy atom. The number of likely N-dealkylation sites (tertiary alicyclic amines) is 1. The van der Waals surface area contributed by atoms with Crippen molar-refractivity contribution in [3.05, 3.63) is 0 Å². The Kier molecular flexibility index (Phi) is 5.31. The first-order valence-electron chi connectivity index (χ1n) is 7.59. The van der Waals surface area contributed by atoms with E-state index >= 15 is 0 Å². The van der Waals surface area contributed by atoms with Crippen molar-refractivity contribution < 1.29 is 22.8 Å². The molecule has 22 heavy (non-hydrogen) atoms. The Morgan fingerprint density at radius 2 is 1.95 bits per heavy atom. The van der Waals surface area contributed by atoms with E-state index in [1.807, 2.05) is 10.2 Å². The van der Waals surface area contributed by atoms with Gasteiger partial charge in [-0.2, -0.15) is 13.2 Å². The highest BCUT2D eigenvalue weighted by molar-refractivity contribution is 5.80. The largest absolute Gasteiger partial charge is 0.405 e. The fraction of sp³-hybridized carbons (Fsp3) is 0.857. The van der Waals surface area contributed by atoms with Crippen LogP contribution in [0.25, 0.3) is 0 Å². The van der Waals surface area contributed by atoms with Crippen LogP contribution in [0.2, 0.25) is 0 Å². The van der Waals surface area contributed by atoms with Crippen molar-refractivity contribution in [1.29, 1.82) is 0 Å². The molecule has 0 radical (unpaired) electrons. The molecule has 5 nitrogen and oxygen atoms in total. The maximum atomic E-state index is 12.1. The van der Waals surface area contributed by atoms with Crippen LogP contribution in [0.4, 0.5) is 13.2 Å². The van der Waals surface area contributed by atoms with Crippen LogP contribution in [0.15, 0.2) is 0 Å². The van der Waals surface area contributed by atoms with Gasteiger partial charge in [0, 0.05) is 19.6 Å². The van der Waals surface area contributed by atoms with E-state index in [0.717, 1.165) is 12.8 Å². The Labute approximate surface area is 127 Å². The Morgan fingerprint density at radius 3 is 2.55 bits per heavy atom.